The Kier molecular flexibility index (Phi) is 5.64. The molecule has 1 aliphatic heterocycles. The molecule has 2 aromatic carbocycles. The van der Waals surface area contributed by atoms with Crippen LogP contribution in [0.1, 0.15) is 31.7 Å². The van der Waals surface area contributed by atoms with Gasteiger partial charge in [0.15, 0.2) is 9.84 Å². The van der Waals surface area contributed by atoms with Crippen LogP contribution in [0.4, 0.5) is 4.39 Å². The van der Waals surface area contributed by atoms with Gasteiger partial charge in [0.2, 0.25) is 5.91 Å². The molecule has 4 rings (SSSR count). The van der Waals surface area contributed by atoms with Gasteiger partial charge in [0.05, 0.1) is 10.6 Å². The van der Waals surface area contributed by atoms with Gasteiger partial charge in [-0.3, -0.25) is 4.79 Å². The number of likely N-dealkylation sites (tertiary alicyclic amines) is 1. The van der Waals surface area contributed by atoms with Crippen molar-refractivity contribution < 1.29 is 17.6 Å². The number of para-hydroxylation sites is 1. The first-order valence-corrected chi connectivity index (χ1v) is 11.9. The number of fused-ring (bicyclic) bond motifs is 1. The van der Waals surface area contributed by atoms with Gasteiger partial charge >= 0.3 is 0 Å². The summed E-state index contributed by atoms with van der Waals surface area (Å²) in [6, 6.07) is 13.2. The lowest BCUT2D eigenvalue weighted by molar-refractivity contribution is -0.135. The number of aromatic nitrogens is 1. The lowest BCUT2D eigenvalue weighted by atomic mass is 10.0. The van der Waals surface area contributed by atoms with Gasteiger partial charge in [-0.15, -0.1) is 0 Å². The summed E-state index contributed by atoms with van der Waals surface area (Å²) in [5.74, 6) is -0.981. The van der Waals surface area contributed by atoms with E-state index in [1.54, 1.807) is 22.8 Å². The van der Waals surface area contributed by atoms with Crippen molar-refractivity contribution in [3.05, 3.63) is 66.1 Å². The van der Waals surface area contributed by atoms with Crippen LogP contribution in [-0.2, 0) is 26.9 Å². The third-order valence-corrected chi connectivity index (χ3v) is 7.51. The van der Waals surface area contributed by atoms with Crippen LogP contribution < -0.4 is 0 Å². The topological polar surface area (TPSA) is 59.4 Å². The number of carbonyl (C=O) groups excluding carboxylic acids is 1. The maximum Gasteiger partial charge on any atom is 0.242 e. The van der Waals surface area contributed by atoms with E-state index in [0.717, 1.165) is 25.8 Å². The Hall–Kier alpha value is -2.67. The van der Waals surface area contributed by atoms with Crippen molar-refractivity contribution in [2.75, 3.05) is 6.54 Å². The standard InChI is InChI=1S/C23H25FN2O3S/c1-17-8-6-7-13-26(17)23(27)15-25-14-22(19-10-3-5-12-21(19)25)30(28,29)16-18-9-2-4-11-20(18)24/h2-5,9-12,14,17H,6-8,13,15-16H2,1H3/t17-/m0/s1. The van der Waals surface area contributed by atoms with Crippen LogP contribution in [0.15, 0.2) is 59.6 Å². The molecule has 30 heavy (non-hydrogen) atoms. The van der Waals surface area contributed by atoms with Crippen molar-refractivity contribution >= 4 is 26.6 Å². The second-order valence-corrected chi connectivity index (χ2v) is 9.88. The van der Waals surface area contributed by atoms with Crippen LogP contribution in [0, 0.1) is 5.82 Å². The summed E-state index contributed by atoms with van der Waals surface area (Å²) < 4.78 is 42.0. The lowest BCUT2D eigenvalue weighted by Crippen LogP contribution is -2.43. The number of carbonyl (C=O) groups is 1. The summed E-state index contributed by atoms with van der Waals surface area (Å²) in [7, 11) is -3.80. The highest BCUT2D eigenvalue weighted by Crippen LogP contribution is 2.29. The molecule has 0 bridgehead atoms. The quantitative estimate of drug-likeness (QED) is 0.613. The highest BCUT2D eigenvalue weighted by atomic mass is 32.2. The molecule has 0 radical (unpaired) electrons. The fourth-order valence-corrected chi connectivity index (χ4v) is 5.79. The smallest absolute Gasteiger partial charge is 0.242 e. The Morgan fingerprint density at radius 2 is 1.83 bits per heavy atom. The fraction of sp³-hybridized carbons (Fsp3) is 0.348. The van der Waals surface area contributed by atoms with Gasteiger partial charge in [-0.05, 0) is 38.3 Å². The molecule has 1 aliphatic rings. The zero-order valence-electron chi connectivity index (χ0n) is 16.9. The van der Waals surface area contributed by atoms with Gasteiger partial charge in [0, 0.05) is 35.2 Å². The van der Waals surface area contributed by atoms with E-state index in [2.05, 4.69) is 6.92 Å². The summed E-state index contributed by atoms with van der Waals surface area (Å²) in [4.78, 5) is 14.9. The van der Waals surface area contributed by atoms with E-state index in [1.165, 1.54) is 24.4 Å². The normalized spacial score (nSPS) is 17.4. The Morgan fingerprint density at radius 1 is 1.10 bits per heavy atom. The summed E-state index contributed by atoms with van der Waals surface area (Å²) in [6.45, 7) is 2.87. The number of hydrogen-bond acceptors (Lipinski definition) is 3. The van der Waals surface area contributed by atoms with Crippen LogP contribution in [0.3, 0.4) is 0 Å². The first-order valence-electron chi connectivity index (χ1n) is 10.2. The van der Waals surface area contributed by atoms with Crippen molar-refractivity contribution in [2.24, 2.45) is 0 Å². The van der Waals surface area contributed by atoms with E-state index in [1.807, 2.05) is 17.0 Å². The zero-order chi connectivity index (χ0) is 21.3. The first kappa shape index (κ1) is 20.6. The van der Waals surface area contributed by atoms with Crippen LogP contribution >= 0.6 is 0 Å². The number of amides is 1. The molecule has 1 fully saturated rings. The Bertz CT molecular complexity index is 1190. The van der Waals surface area contributed by atoms with Gasteiger partial charge in [0.25, 0.3) is 0 Å². The average molecular weight is 429 g/mol. The third kappa shape index (κ3) is 3.99. The second kappa shape index (κ2) is 8.22. The fourth-order valence-electron chi connectivity index (χ4n) is 4.19. The van der Waals surface area contributed by atoms with E-state index < -0.39 is 21.4 Å². The van der Waals surface area contributed by atoms with E-state index >= 15 is 0 Å². The highest BCUT2D eigenvalue weighted by molar-refractivity contribution is 7.90. The van der Waals surface area contributed by atoms with Gasteiger partial charge in [-0.2, -0.15) is 0 Å². The lowest BCUT2D eigenvalue weighted by Gasteiger charge is -2.33. The molecule has 158 valence electrons. The molecule has 0 saturated carbocycles. The Labute approximate surface area is 176 Å². The van der Waals surface area contributed by atoms with Crippen molar-refractivity contribution in [3.8, 4) is 0 Å². The van der Waals surface area contributed by atoms with Gasteiger partial charge in [0.1, 0.15) is 12.4 Å². The van der Waals surface area contributed by atoms with Crippen LogP contribution in [0.5, 0.6) is 0 Å². The van der Waals surface area contributed by atoms with Crippen molar-refractivity contribution in [3.63, 3.8) is 0 Å². The molecule has 0 aliphatic carbocycles. The molecule has 1 saturated heterocycles. The van der Waals surface area contributed by atoms with E-state index in [-0.39, 0.29) is 29.0 Å². The predicted molar refractivity (Wildman–Crippen MR) is 114 cm³/mol. The molecule has 0 N–H and O–H groups in total. The van der Waals surface area contributed by atoms with Crippen LogP contribution in [0.2, 0.25) is 0 Å². The van der Waals surface area contributed by atoms with Crippen molar-refractivity contribution in [2.45, 2.75) is 49.4 Å². The second-order valence-electron chi connectivity index (χ2n) is 7.92. The SMILES string of the molecule is C[C@H]1CCCCN1C(=O)Cn1cc(S(=O)(=O)Cc2ccccc2F)c2ccccc21. The van der Waals surface area contributed by atoms with Crippen molar-refractivity contribution in [1.82, 2.24) is 9.47 Å². The largest absolute Gasteiger partial charge is 0.338 e. The average Bonchev–Trinajstić information content (AvgIpc) is 3.09. The predicted octanol–water partition coefficient (Wildman–Crippen LogP) is 4.16. The molecule has 1 aromatic heterocycles. The number of piperidine rings is 1. The molecule has 0 unspecified atom stereocenters. The number of benzene rings is 2. The number of hydrogen-bond donors (Lipinski definition) is 0. The van der Waals surface area contributed by atoms with E-state index in [9.17, 15) is 17.6 Å². The highest BCUT2D eigenvalue weighted by Gasteiger charge is 2.26. The molecular weight excluding hydrogens is 403 g/mol. The maximum atomic E-state index is 14.0. The molecule has 0 spiro atoms. The third-order valence-electron chi connectivity index (χ3n) is 5.82. The number of sulfone groups is 1. The molecule has 1 atom stereocenters. The molecule has 7 heteroatoms. The minimum Gasteiger partial charge on any atom is -0.338 e. The minimum atomic E-state index is -3.80. The Morgan fingerprint density at radius 3 is 2.60 bits per heavy atom. The first-order chi connectivity index (χ1) is 14.4. The Balaban J connectivity index is 1.68. The molecule has 3 aromatic rings. The van der Waals surface area contributed by atoms with Crippen LogP contribution in [0.25, 0.3) is 10.9 Å². The van der Waals surface area contributed by atoms with E-state index in [0.29, 0.717) is 10.9 Å². The molecule has 5 nitrogen and oxygen atoms in total. The zero-order valence-corrected chi connectivity index (χ0v) is 17.7. The van der Waals surface area contributed by atoms with Gasteiger partial charge in [-0.1, -0.05) is 36.4 Å². The number of rotatable bonds is 5. The van der Waals surface area contributed by atoms with Gasteiger partial charge in [-0.25, -0.2) is 12.8 Å². The number of halogens is 1. The van der Waals surface area contributed by atoms with E-state index in [4.69, 9.17) is 0 Å². The minimum absolute atomic E-state index is 0.0130. The summed E-state index contributed by atoms with van der Waals surface area (Å²) in [5.41, 5.74) is 0.815. The van der Waals surface area contributed by atoms with Gasteiger partial charge < -0.3 is 9.47 Å². The summed E-state index contributed by atoms with van der Waals surface area (Å²) >= 11 is 0. The molecular formula is C23H25FN2O3S. The summed E-state index contributed by atoms with van der Waals surface area (Å²) in [5, 5.41) is 0.549. The summed E-state index contributed by atoms with van der Waals surface area (Å²) in [6.07, 6.45) is 4.62. The van der Waals surface area contributed by atoms with Crippen LogP contribution in [-0.4, -0.2) is 36.4 Å². The maximum absolute atomic E-state index is 14.0. The monoisotopic (exact) mass is 428 g/mol. The number of nitrogens with zero attached hydrogens (tertiary/aromatic N) is 2. The van der Waals surface area contributed by atoms with Crippen molar-refractivity contribution in [1.29, 1.82) is 0 Å². The molecule has 1 amide bonds. The molecule has 2 heterocycles.